The number of rotatable bonds is 5. The summed E-state index contributed by atoms with van der Waals surface area (Å²) in [5, 5.41) is 3.14. The predicted octanol–water partition coefficient (Wildman–Crippen LogP) is 0.366. The van der Waals surface area contributed by atoms with Crippen LogP contribution >= 0.6 is 0 Å². The Hall–Kier alpha value is -1.76. The molecule has 7 heteroatoms. The van der Waals surface area contributed by atoms with E-state index in [0.29, 0.717) is 19.1 Å². The molecule has 1 aromatic heterocycles. The maximum absolute atomic E-state index is 11.9. The molecule has 0 bridgehead atoms. The molecule has 0 spiro atoms. The van der Waals surface area contributed by atoms with Crippen molar-refractivity contribution >= 4 is 11.5 Å². The molecule has 0 radical (unpaired) electrons. The Morgan fingerprint density at radius 3 is 2.90 bits per heavy atom. The van der Waals surface area contributed by atoms with E-state index in [-0.39, 0.29) is 17.5 Å². The molecule has 1 aliphatic heterocycles. The molecule has 0 aromatic carbocycles. The van der Waals surface area contributed by atoms with Crippen molar-refractivity contribution in [1.82, 2.24) is 9.55 Å². The van der Waals surface area contributed by atoms with Crippen molar-refractivity contribution in [2.45, 2.75) is 39.3 Å². The molecule has 0 aliphatic carbocycles. The Morgan fingerprint density at radius 1 is 1.55 bits per heavy atom. The highest BCUT2D eigenvalue weighted by atomic mass is 16.5. The number of hydrogen-bond donors (Lipinski definition) is 3. The first-order chi connectivity index (χ1) is 9.54. The maximum Gasteiger partial charge on any atom is 0.330 e. The molecule has 20 heavy (non-hydrogen) atoms. The SMILES string of the molecule is CCCn1c(N)c(NC(C)C2CCOC2)c(=O)[nH]c1=O. The molecule has 4 N–H and O–H groups in total. The number of nitrogen functional groups attached to an aromatic ring is 1. The number of nitrogens with one attached hydrogen (secondary N) is 2. The second kappa shape index (κ2) is 6.13. The number of nitrogens with zero attached hydrogens (tertiary/aromatic N) is 1. The number of aromatic amines is 1. The van der Waals surface area contributed by atoms with Gasteiger partial charge in [-0.05, 0) is 19.8 Å². The smallest absolute Gasteiger partial charge is 0.330 e. The van der Waals surface area contributed by atoms with Crippen LogP contribution < -0.4 is 22.3 Å². The average molecular weight is 282 g/mol. The van der Waals surface area contributed by atoms with Crippen LogP contribution in [-0.4, -0.2) is 28.8 Å². The van der Waals surface area contributed by atoms with Crippen molar-refractivity contribution in [3.63, 3.8) is 0 Å². The number of nitrogens with two attached hydrogens (primary N) is 1. The third kappa shape index (κ3) is 2.87. The van der Waals surface area contributed by atoms with E-state index in [1.807, 2.05) is 13.8 Å². The lowest BCUT2D eigenvalue weighted by Crippen LogP contribution is -2.37. The molecule has 1 aliphatic rings. The van der Waals surface area contributed by atoms with Crippen molar-refractivity contribution < 1.29 is 4.74 Å². The van der Waals surface area contributed by atoms with E-state index in [0.717, 1.165) is 19.4 Å². The molecule has 0 amide bonds. The van der Waals surface area contributed by atoms with E-state index in [9.17, 15) is 9.59 Å². The van der Waals surface area contributed by atoms with Crippen molar-refractivity contribution in [3.05, 3.63) is 20.8 Å². The molecule has 1 fully saturated rings. The summed E-state index contributed by atoms with van der Waals surface area (Å²) in [5.74, 6) is 0.548. The van der Waals surface area contributed by atoms with Gasteiger partial charge in [0.1, 0.15) is 11.5 Å². The van der Waals surface area contributed by atoms with Crippen molar-refractivity contribution in [2.24, 2.45) is 5.92 Å². The van der Waals surface area contributed by atoms with Gasteiger partial charge < -0.3 is 15.8 Å². The van der Waals surface area contributed by atoms with E-state index in [1.165, 1.54) is 4.57 Å². The van der Waals surface area contributed by atoms with Crippen LogP contribution in [0.1, 0.15) is 26.7 Å². The zero-order valence-corrected chi connectivity index (χ0v) is 11.9. The molecule has 7 nitrogen and oxygen atoms in total. The highest BCUT2D eigenvalue weighted by Gasteiger charge is 2.24. The van der Waals surface area contributed by atoms with Crippen molar-refractivity contribution in [1.29, 1.82) is 0 Å². The molecule has 1 aromatic rings. The first kappa shape index (κ1) is 14.6. The molecule has 112 valence electrons. The van der Waals surface area contributed by atoms with Gasteiger partial charge in [0.05, 0.1) is 6.61 Å². The summed E-state index contributed by atoms with van der Waals surface area (Å²) in [6.07, 6.45) is 1.72. The average Bonchev–Trinajstić information content (AvgIpc) is 2.93. The largest absolute Gasteiger partial charge is 0.383 e. The zero-order valence-electron chi connectivity index (χ0n) is 11.9. The van der Waals surface area contributed by atoms with Crippen LogP contribution in [0.2, 0.25) is 0 Å². The standard InChI is InChI=1S/C13H22N4O3/c1-3-5-17-11(14)10(12(18)16-13(17)19)15-8(2)9-4-6-20-7-9/h8-9,15H,3-7,14H2,1-2H3,(H,16,18,19). The minimum Gasteiger partial charge on any atom is -0.383 e. The summed E-state index contributed by atoms with van der Waals surface area (Å²) in [5.41, 5.74) is 5.31. The summed E-state index contributed by atoms with van der Waals surface area (Å²) in [7, 11) is 0. The molecule has 2 heterocycles. The van der Waals surface area contributed by atoms with Crippen LogP contribution in [0.15, 0.2) is 9.59 Å². The van der Waals surface area contributed by atoms with E-state index in [2.05, 4.69) is 10.3 Å². The Morgan fingerprint density at radius 2 is 2.30 bits per heavy atom. The fraction of sp³-hybridized carbons (Fsp3) is 0.692. The zero-order chi connectivity index (χ0) is 14.7. The quantitative estimate of drug-likeness (QED) is 0.724. The van der Waals surface area contributed by atoms with Gasteiger partial charge in [-0.25, -0.2) is 4.79 Å². The molecule has 1 saturated heterocycles. The van der Waals surface area contributed by atoms with Gasteiger partial charge in [-0.3, -0.25) is 14.3 Å². The number of hydrogen-bond acceptors (Lipinski definition) is 5. The normalized spacial score (nSPS) is 20.0. The van der Waals surface area contributed by atoms with Gasteiger partial charge >= 0.3 is 5.69 Å². The van der Waals surface area contributed by atoms with Crippen LogP contribution in [0, 0.1) is 5.92 Å². The minimum absolute atomic E-state index is 0.0634. The Balaban J connectivity index is 2.28. The fourth-order valence-corrected chi connectivity index (χ4v) is 2.47. The van der Waals surface area contributed by atoms with Gasteiger partial charge in [0.25, 0.3) is 5.56 Å². The van der Waals surface area contributed by atoms with Gasteiger partial charge in [-0.2, -0.15) is 0 Å². The molecule has 2 atom stereocenters. The summed E-state index contributed by atoms with van der Waals surface area (Å²) >= 11 is 0. The van der Waals surface area contributed by atoms with E-state index >= 15 is 0 Å². The van der Waals surface area contributed by atoms with Crippen molar-refractivity contribution in [2.75, 3.05) is 24.3 Å². The molecule has 0 saturated carbocycles. The molecular formula is C13H22N4O3. The highest BCUT2D eigenvalue weighted by molar-refractivity contribution is 5.60. The van der Waals surface area contributed by atoms with Crippen LogP contribution in [-0.2, 0) is 11.3 Å². The van der Waals surface area contributed by atoms with Crippen LogP contribution in [0.4, 0.5) is 11.5 Å². The minimum atomic E-state index is -0.467. The van der Waals surface area contributed by atoms with Gasteiger partial charge in [0.15, 0.2) is 0 Å². The number of ether oxygens (including phenoxy) is 1. The maximum atomic E-state index is 11.9. The number of H-pyrrole nitrogens is 1. The third-order valence-corrected chi connectivity index (χ3v) is 3.73. The Labute approximate surface area is 117 Å². The van der Waals surface area contributed by atoms with E-state index in [4.69, 9.17) is 10.5 Å². The topological polar surface area (TPSA) is 102 Å². The number of anilines is 2. The van der Waals surface area contributed by atoms with E-state index < -0.39 is 11.2 Å². The summed E-state index contributed by atoms with van der Waals surface area (Å²) in [4.78, 5) is 26.0. The monoisotopic (exact) mass is 282 g/mol. The van der Waals surface area contributed by atoms with Crippen LogP contribution in [0.3, 0.4) is 0 Å². The second-order valence-corrected chi connectivity index (χ2v) is 5.23. The van der Waals surface area contributed by atoms with Crippen LogP contribution in [0.5, 0.6) is 0 Å². The predicted molar refractivity (Wildman–Crippen MR) is 78.0 cm³/mol. The first-order valence-electron chi connectivity index (χ1n) is 7.01. The lowest BCUT2D eigenvalue weighted by atomic mass is 10.0. The molecule has 2 unspecified atom stereocenters. The summed E-state index contributed by atoms with van der Waals surface area (Å²) in [6, 6.07) is 0.0634. The molecular weight excluding hydrogens is 260 g/mol. The Bertz CT molecular complexity index is 572. The van der Waals surface area contributed by atoms with Crippen LogP contribution in [0.25, 0.3) is 0 Å². The lowest BCUT2D eigenvalue weighted by Gasteiger charge is -2.21. The molecule has 2 rings (SSSR count). The fourth-order valence-electron chi connectivity index (χ4n) is 2.47. The number of aromatic nitrogens is 2. The third-order valence-electron chi connectivity index (χ3n) is 3.73. The summed E-state index contributed by atoms with van der Waals surface area (Å²) in [6.45, 7) is 5.85. The first-order valence-corrected chi connectivity index (χ1v) is 7.01. The van der Waals surface area contributed by atoms with Gasteiger partial charge in [-0.15, -0.1) is 0 Å². The second-order valence-electron chi connectivity index (χ2n) is 5.23. The lowest BCUT2D eigenvalue weighted by molar-refractivity contribution is 0.183. The van der Waals surface area contributed by atoms with Gasteiger partial charge in [-0.1, -0.05) is 6.92 Å². The van der Waals surface area contributed by atoms with Gasteiger partial charge in [0.2, 0.25) is 0 Å². The van der Waals surface area contributed by atoms with Gasteiger partial charge in [0, 0.05) is 25.1 Å². The Kier molecular flexibility index (Phi) is 4.49. The van der Waals surface area contributed by atoms with E-state index in [1.54, 1.807) is 0 Å². The highest BCUT2D eigenvalue weighted by Crippen LogP contribution is 2.20. The van der Waals surface area contributed by atoms with Crippen molar-refractivity contribution in [3.8, 4) is 0 Å². The summed E-state index contributed by atoms with van der Waals surface area (Å²) < 4.78 is 6.74.